The van der Waals surface area contributed by atoms with Crippen molar-refractivity contribution in [1.82, 2.24) is 9.97 Å². The van der Waals surface area contributed by atoms with Crippen molar-refractivity contribution in [3.63, 3.8) is 0 Å². The van der Waals surface area contributed by atoms with Crippen LogP contribution in [0.5, 0.6) is 0 Å². The van der Waals surface area contributed by atoms with Crippen LogP contribution >= 0.6 is 0 Å². The lowest BCUT2D eigenvalue weighted by atomic mass is 10.0. The van der Waals surface area contributed by atoms with Crippen LogP contribution in [-0.4, -0.2) is 27.2 Å². The molecule has 0 amide bonds. The minimum Gasteiger partial charge on any atom is -0.396 e. The Labute approximate surface area is 83.4 Å². The maximum Gasteiger partial charge on any atom is 0.153 e. The van der Waals surface area contributed by atoms with Crippen LogP contribution in [0.2, 0.25) is 0 Å². The average Bonchev–Trinajstić information content (AvgIpc) is 2.08. The lowest BCUT2D eigenvalue weighted by Gasteiger charge is -2.26. The predicted octanol–water partition coefficient (Wildman–Crippen LogP) is 0.632. The average molecular weight is 196 g/mol. The summed E-state index contributed by atoms with van der Waals surface area (Å²) in [6, 6.07) is 0. The molecule has 1 heterocycles. The highest BCUT2D eigenvalue weighted by Crippen LogP contribution is 2.19. The summed E-state index contributed by atoms with van der Waals surface area (Å²) in [6.07, 6.45) is 3.62. The molecule has 78 valence electrons. The number of nitrogen functional groups attached to an aromatic ring is 1. The number of nitrogens with zero attached hydrogens (tertiary/aromatic N) is 2. The maximum absolute atomic E-state index is 8.85. The van der Waals surface area contributed by atoms with Gasteiger partial charge in [-0.15, -0.1) is 0 Å². The Morgan fingerprint density at radius 3 is 2.86 bits per heavy atom. The van der Waals surface area contributed by atoms with E-state index in [0.29, 0.717) is 17.9 Å². The van der Waals surface area contributed by atoms with E-state index >= 15 is 0 Å². The van der Waals surface area contributed by atoms with Gasteiger partial charge in [-0.05, 0) is 20.3 Å². The highest BCUT2D eigenvalue weighted by molar-refractivity contribution is 5.59. The second-order valence-electron chi connectivity index (χ2n) is 3.81. The molecule has 0 bridgehead atoms. The molecule has 0 aromatic carbocycles. The molecule has 0 aliphatic carbocycles. The van der Waals surface area contributed by atoms with Crippen LogP contribution in [0.1, 0.15) is 20.3 Å². The number of nitrogens with one attached hydrogen (secondary N) is 1. The molecule has 1 aromatic heterocycles. The van der Waals surface area contributed by atoms with E-state index in [0.717, 1.165) is 0 Å². The summed E-state index contributed by atoms with van der Waals surface area (Å²) in [5.41, 5.74) is 5.96. The van der Waals surface area contributed by atoms with Crippen LogP contribution < -0.4 is 11.1 Å². The Hall–Kier alpha value is -1.36. The van der Waals surface area contributed by atoms with Gasteiger partial charge in [-0.25, -0.2) is 9.97 Å². The summed E-state index contributed by atoms with van der Waals surface area (Å²) in [7, 11) is 0. The Kier molecular flexibility index (Phi) is 3.24. The maximum atomic E-state index is 8.85. The zero-order chi connectivity index (χ0) is 10.6. The van der Waals surface area contributed by atoms with Gasteiger partial charge in [0.2, 0.25) is 0 Å². The van der Waals surface area contributed by atoms with Crippen molar-refractivity contribution in [3.05, 3.63) is 12.5 Å². The second kappa shape index (κ2) is 4.23. The Morgan fingerprint density at radius 1 is 1.57 bits per heavy atom. The predicted molar refractivity (Wildman–Crippen MR) is 55.8 cm³/mol. The van der Waals surface area contributed by atoms with E-state index in [1.807, 2.05) is 13.8 Å². The minimum atomic E-state index is -0.225. The van der Waals surface area contributed by atoms with E-state index in [1.165, 1.54) is 6.33 Å². The fourth-order valence-corrected chi connectivity index (χ4v) is 1.11. The van der Waals surface area contributed by atoms with Crippen LogP contribution in [0.25, 0.3) is 0 Å². The topological polar surface area (TPSA) is 84.1 Å². The molecular formula is C9H16N4O. The first kappa shape index (κ1) is 10.7. The number of anilines is 2. The Balaban J connectivity index is 2.73. The second-order valence-corrected chi connectivity index (χ2v) is 3.81. The van der Waals surface area contributed by atoms with Gasteiger partial charge in [-0.3, -0.25) is 0 Å². The third kappa shape index (κ3) is 2.85. The number of rotatable bonds is 4. The van der Waals surface area contributed by atoms with Crippen LogP contribution in [-0.2, 0) is 0 Å². The normalized spacial score (nSPS) is 11.4. The molecule has 1 aromatic rings. The summed E-state index contributed by atoms with van der Waals surface area (Å²) in [4.78, 5) is 7.81. The molecule has 5 heteroatoms. The summed E-state index contributed by atoms with van der Waals surface area (Å²) >= 11 is 0. The van der Waals surface area contributed by atoms with Gasteiger partial charge in [0.25, 0.3) is 0 Å². The van der Waals surface area contributed by atoms with Gasteiger partial charge < -0.3 is 16.2 Å². The van der Waals surface area contributed by atoms with Crippen LogP contribution in [0.15, 0.2) is 12.5 Å². The molecule has 0 saturated carbocycles. The van der Waals surface area contributed by atoms with Gasteiger partial charge >= 0.3 is 0 Å². The fourth-order valence-electron chi connectivity index (χ4n) is 1.11. The van der Waals surface area contributed by atoms with Crippen molar-refractivity contribution < 1.29 is 5.11 Å². The summed E-state index contributed by atoms with van der Waals surface area (Å²) in [5.74, 6) is 0.610. The smallest absolute Gasteiger partial charge is 0.153 e. The zero-order valence-corrected chi connectivity index (χ0v) is 8.49. The van der Waals surface area contributed by atoms with Crippen molar-refractivity contribution in [2.45, 2.75) is 25.8 Å². The molecular weight excluding hydrogens is 180 g/mol. The summed E-state index contributed by atoms with van der Waals surface area (Å²) in [5, 5.41) is 12.0. The van der Waals surface area contributed by atoms with Crippen molar-refractivity contribution in [2.75, 3.05) is 17.7 Å². The number of aromatic nitrogens is 2. The molecule has 0 radical (unpaired) electrons. The number of hydrogen-bond acceptors (Lipinski definition) is 5. The first-order valence-electron chi connectivity index (χ1n) is 4.50. The third-order valence-electron chi connectivity index (χ3n) is 1.93. The van der Waals surface area contributed by atoms with Gasteiger partial charge in [0.05, 0.1) is 11.9 Å². The van der Waals surface area contributed by atoms with Gasteiger partial charge in [0, 0.05) is 12.1 Å². The third-order valence-corrected chi connectivity index (χ3v) is 1.93. The highest BCUT2D eigenvalue weighted by Gasteiger charge is 2.18. The molecule has 0 atom stereocenters. The van der Waals surface area contributed by atoms with Gasteiger partial charge in [-0.2, -0.15) is 0 Å². The van der Waals surface area contributed by atoms with Gasteiger partial charge in [0.1, 0.15) is 6.33 Å². The monoisotopic (exact) mass is 196 g/mol. The van der Waals surface area contributed by atoms with Crippen LogP contribution in [0.4, 0.5) is 11.5 Å². The van der Waals surface area contributed by atoms with E-state index in [4.69, 9.17) is 10.8 Å². The van der Waals surface area contributed by atoms with Crippen molar-refractivity contribution in [3.8, 4) is 0 Å². The minimum absolute atomic E-state index is 0.130. The van der Waals surface area contributed by atoms with Crippen LogP contribution in [0.3, 0.4) is 0 Å². The Morgan fingerprint density at radius 2 is 2.29 bits per heavy atom. The SMILES string of the molecule is CC(C)(CCO)Nc1ncncc1N. The van der Waals surface area contributed by atoms with E-state index in [9.17, 15) is 0 Å². The first-order chi connectivity index (χ1) is 6.55. The van der Waals surface area contributed by atoms with Crippen molar-refractivity contribution in [1.29, 1.82) is 0 Å². The van der Waals surface area contributed by atoms with Crippen LogP contribution in [0, 0.1) is 0 Å². The van der Waals surface area contributed by atoms with E-state index < -0.39 is 0 Å². The number of aliphatic hydroxyl groups is 1. The molecule has 0 aliphatic rings. The summed E-state index contributed by atoms with van der Waals surface area (Å²) in [6.45, 7) is 4.08. The summed E-state index contributed by atoms with van der Waals surface area (Å²) < 4.78 is 0. The molecule has 14 heavy (non-hydrogen) atoms. The number of nitrogens with two attached hydrogens (primary N) is 1. The molecule has 0 fully saturated rings. The quantitative estimate of drug-likeness (QED) is 0.657. The molecule has 4 N–H and O–H groups in total. The van der Waals surface area contributed by atoms with E-state index in [1.54, 1.807) is 6.20 Å². The molecule has 0 aliphatic heterocycles. The lowest BCUT2D eigenvalue weighted by Crippen LogP contribution is -2.32. The molecule has 0 unspecified atom stereocenters. The lowest BCUT2D eigenvalue weighted by molar-refractivity contribution is 0.260. The number of hydrogen-bond donors (Lipinski definition) is 3. The standard InChI is InChI=1S/C9H16N4O/c1-9(2,3-4-14)13-8-7(10)5-11-6-12-8/h5-6,14H,3-4,10H2,1-2H3,(H,11,12,13). The molecule has 0 saturated heterocycles. The number of aliphatic hydroxyl groups excluding tert-OH is 1. The highest BCUT2D eigenvalue weighted by atomic mass is 16.3. The van der Waals surface area contributed by atoms with E-state index in [2.05, 4.69) is 15.3 Å². The van der Waals surface area contributed by atoms with Gasteiger partial charge in [0.15, 0.2) is 5.82 Å². The fraction of sp³-hybridized carbons (Fsp3) is 0.556. The molecule has 5 nitrogen and oxygen atoms in total. The Bertz CT molecular complexity index is 301. The van der Waals surface area contributed by atoms with Gasteiger partial charge in [-0.1, -0.05) is 0 Å². The first-order valence-corrected chi connectivity index (χ1v) is 4.50. The van der Waals surface area contributed by atoms with E-state index in [-0.39, 0.29) is 12.1 Å². The zero-order valence-electron chi connectivity index (χ0n) is 8.49. The van der Waals surface area contributed by atoms with Crippen molar-refractivity contribution in [2.24, 2.45) is 0 Å². The van der Waals surface area contributed by atoms with Crippen molar-refractivity contribution >= 4 is 11.5 Å². The molecule has 1 rings (SSSR count). The largest absolute Gasteiger partial charge is 0.396 e. The molecule has 0 spiro atoms.